The Kier molecular flexibility index (Phi) is 14.2. The van der Waals surface area contributed by atoms with E-state index < -0.39 is 0 Å². The first-order valence-corrected chi connectivity index (χ1v) is 13.6. The van der Waals surface area contributed by atoms with Gasteiger partial charge in [-0.15, -0.1) is 0 Å². The summed E-state index contributed by atoms with van der Waals surface area (Å²) in [7, 11) is 0. The van der Waals surface area contributed by atoms with E-state index in [4.69, 9.17) is 5.73 Å². The third kappa shape index (κ3) is 10.4. The van der Waals surface area contributed by atoms with Gasteiger partial charge < -0.3 is 20.9 Å². The smallest absolute Gasteiger partial charge is 0.157 e. The fourth-order valence-corrected chi connectivity index (χ4v) is 4.58. The van der Waals surface area contributed by atoms with Crippen molar-refractivity contribution in [3.05, 3.63) is 6.33 Å². The highest BCUT2D eigenvalue weighted by Crippen LogP contribution is 2.27. The van der Waals surface area contributed by atoms with Gasteiger partial charge >= 0.3 is 0 Å². The molecule has 0 aromatic carbocycles. The predicted octanol–water partition coefficient (Wildman–Crippen LogP) is 6.09. The van der Waals surface area contributed by atoms with E-state index in [9.17, 15) is 0 Å². The molecule has 0 aliphatic carbocycles. The molecule has 3 N–H and O–H groups in total. The molecule has 0 saturated carbocycles. The van der Waals surface area contributed by atoms with Crippen LogP contribution in [0.1, 0.15) is 104 Å². The lowest BCUT2D eigenvalue weighted by Gasteiger charge is -2.35. The van der Waals surface area contributed by atoms with Gasteiger partial charge in [-0.25, -0.2) is 9.97 Å². The summed E-state index contributed by atoms with van der Waals surface area (Å²) in [5, 5.41) is 3.44. The first-order valence-electron chi connectivity index (χ1n) is 13.6. The summed E-state index contributed by atoms with van der Waals surface area (Å²) in [6.07, 6.45) is 21.0. The van der Waals surface area contributed by atoms with Crippen molar-refractivity contribution >= 4 is 17.3 Å². The van der Waals surface area contributed by atoms with E-state index in [1.54, 1.807) is 6.33 Å². The lowest BCUT2D eigenvalue weighted by molar-refractivity contribution is 0.270. The van der Waals surface area contributed by atoms with Gasteiger partial charge in [0, 0.05) is 32.7 Å². The second kappa shape index (κ2) is 17.0. The molecule has 1 aliphatic heterocycles. The standard InChI is InChI=1S/C26H50N6/c1-3-5-6-7-8-9-10-11-12-13-14-15-16-17-18-28-25-24(27)26(30-23-29-25)32-21-19-31(4-2)20-22-32/h23H,3-22,27H2,1-2H3,(H,28,29,30). The van der Waals surface area contributed by atoms with E-state index in [0.717, 1.165) is 50.9 Å². The highest BCUT2D eigenvalue weighted by molar-refractivity contribution is 5.74. The minimum atomic E-state index is 0.697. The van der Waals surface area contributed by atoms with Gasteiger partial charge in [-0.1, -0.05) is 97.3 Å². The van der Waals surface area contributed by atoms with Crippen LogP contribution < -0.4 is 16.0 Å². The van der Waals surface area contributed by atoms with Crippen LogP contribution in [0.4, 0.5) is 17.3 Å². The molecule has 1 fully saturated rings. The molecule has 0 spiro atoms. The molecule has 0 bridgehead atoms. The average molecular weight is 447 g/mol. The molecule has 32 heavy (non-hydrogen) atoms. The van der Waals surface area contributed by atoms with E-state index in [-0.39, 0.29) is 0 Å². The Morgan fingerprint density at radius 2 is 1.28 bits per heavy atom. The second-order valence-electron chi connectivity index (χ2n) is 9.40. The number of nitrogens with zero attached hydrogens (tertiary/aromatic N) is 4. The summed E-state index contributed by atoms with van der Waals surface area (Å²) < 4.78 is 0. The van der Waals surface area contributed by atoms with Gasteiger partial charge in [-0.05, 0) is 13.0 Å². The predicted molar refractivity (Wildman–Crippen MR) is 140 cm³/mol. The molecule has 0 radical (unpaired) electrons. The molecule has 6 heteroatoms. The molecular weight excluding hydrogens is 396 g/mol. The summed E-state index contributed by atoms with van der Waals surface area (Å²) in [5.41, 5.74) is 7.10. The highest BCUT2D eigenvalue weighted by atomic mass is 15.3. The first kappa shape index (κ1) is 26.7. The number of nitrogens with two attached hydrogens (primary N) is 1. The first-order chi connectivity index (χ1) is 15.8. The monoisotopic (exact) mass is 446 g/mol. The number of hydrogen-bond donors (Lipinski definition) is 2. The maximum Gasteiger partial charge on any atom is 0.157 e. The Hall–Kier alpha value is -1.56. The van der Waals surface area contributed by atoms with Gasteiger partial charge in [0.1, 0.15) is 12.0 Å². The van der Waals surface area contributed by atoms with Crippen molar-refractivity contribution in [1.82, 2.24) is 14.9 Å². The van der Waals surface area contributed by atoms with Gasteiger partial charge in [0.25, 0.3) is 0 Å². The number of unbranched alkanes of at least 4 members (excludes halogenated alkanes) is 13. The Balaban J connectivity index is 1.48. The second-order valence-corrected chi connectivity index (χ2v) is 9.40. The number of nitrogens with one attached hydrogen (secondary N) is 1. The molecule has 0 unspecified atom stereocenters. The van der Waals surface area contributed by atoms with E-state index in [1.165, 1.54) is 89.9 Å². The molecule has 1 aromatic rings. The van der Waals surface area contributed by atoms with Crippen molar-refractivity contribution in [1.29, 1.82) is 0 Å². The number of anilines is 3. The maximum absolute atomic E-state index is 6.40. The molecule has 1 aliphatic rings. The van der Waals surface area contributed by atoms with Crippen molar-refractivity contribution in [2.45, 2.75) is 104 Å². The van der Waals surface area contributed by atoms with Crippen molar-refractivity contribution in [3.8, 4) is 0 Å². The van der Waals surface area contributed by atoms with Crippen LogP contribution in [-0.4, -0.2) is 54.1 Å². The van der Waals surface area contributed by atoms with Crippen LogP contribution in [0.5, 0.6) is 0 Å². The minimum Gasteiger partial charge on any atom is -0.393 e. The van der Waals surface area contributed by atoms with Gasteiger partial charge in [-0.3, -0.25) is 0 Å². The lowest BCUT2D eigenvalue weighted by Crippen LogP contribution is -2.46. The Labute approximate surface area is 197 Å². The van der Waals surface area contributed by atoms with Crippen LogP contribution in [-0.2, 0) is 0 Å². The molecule has 184 valence electrons. The van der Waals surface area contributed by atoms with Crippen LogP contribution in [0.3, 0.4) is 0 Å². The van der Waals surface area contributed by atoms with Crippen LogP contribution in [0, 0.1) is 0 Å². The van der Waals surface area contributed by atoms with E-state index in [1.807, 2.05) is 0 Å². The largest absolute Gasteiger partial charge is 0.393 e. The summed E-state index contributed by atoms with van der Waals surface area (Å²) in [4.78, 5) is 13.6. The lowest BCUT2D eigenvalue weighted by atomic mass is 10.0. The number of nitrogen functional groups attached to an aromatic ring is 1. The van der Waals surface area contributed by atoms with Crippen molar-refractivity contribution in [2.75, 3.05) is 55.2 Å². The summed E-state index contributed by atoms with van der Waals surface area (Å²) in [5.74, 6) is 1.68. The van der Waals surface area contributed by atoms with Crippen molar-refractivity contribution in [2.24, 2.45) is 0 Å². The highest BCUT2D eigenvalue weighted by Gasteiger charge is 2.20. The Morgan fingerprint density at radius 3 is 1.81 bits per heavy atom. The third-order valence-electron chi connectivity index (χ3n) is 6.80. The summed E-state index contributed by atoms with van der Waals surface area (Å²) >= 11 is 0. The van der Waals surface area contributed by atoms with Crippen LogP contribution in [0.15, 0.2) is 6.33 Å². The van der Waals surface area contributed by atoms with Gasteiger partial charge in [-0.2, -0.15) is 0 Å². The fourth-order valence-electron chi connectivity index (χ4n) is 4.58. The molecule has 1 saturated heterocycles. The Bertz CT molecular complexity index is 586. The SMILES string of the molecule is CCCCCCCCCCCCCCCCNc1ncnc(N2CCN(CC)CC2)c1N. The van der Waals surface area contributed by atoms with E-state index in [0.29, 0.717) is 5.69 Å². The van der Waals surface area contributed by atoms with Crippen LogP contribution in [0.25, 0.3) is 0 Å². The Morgan fingerprint density at radius 1 is 0.750 bits per heavy atom. The van der Waals surface area contributed by atoms with Gasteiger partial charge in [0.05, 0.1) is 0 Å². The normalized spacial score (nSPS) is 14.8. The fraction of sp³-hybridized carbons (Fsp3) is 0.846. The maximum atomic E-state index is 6.40. The summed E-state index contributed by atoms with van der Waals surface area (Å²) in [6, 6.07) is 0. The molecule has 2 rings (SSSR count). The van der Waals surface area contributed by atoms with Crippen molar-refractivity contribution in [3.63, 3.8) is 0 Å². The quantitative estimate of drug-likeness (QED) is 0.266. The van der Waals surface area contributed by atoms with Crippen LogP contribution >= 0.6 is 0 Å². The van der Waals surface area contributed by atoms with Gasteiger partial charge in [0.2, 0.25) is 0 Å². The molecule has 2 heterocycles. The van der Waals surface area contributed by atoms with E-state index >= 15 is 0 Å². The third-order valence-corrected chi connectivity index (χ3v) is 6.80. The topological polar surface area (TPSA) is 70.3 Å². The van der Waals surface area contributed by atoms with Crippen LogP contribution in [0.2, 0.25) is 0 Å². The zero-order valence-corrected chi connectivity index (χ0v) is 21.1. The number of aromatic nitrogens is 2. The number of hydrogen-bond acceptors (Lipinski definition) is 6. The minimum absolute atomic E-state index is 0.697. The number of rotatable bonds is 18. The molecule has 6 nitrogen and oxygen atoms in total. The van der Waals surface area contributed by atoms with Crippen molar-refractivity contribution < 1.29 is 0 Å². The summed E-state index contributed by atoms with van der Waals surface area (Å²) in [6.45, 7) is 10.6. The molecule has 1 aromatic heterocycles. The molecule has 0 atom stereocenters. The zero-order chi connectivity index (χ0) is 22.9. The van der Waals surface area contributed by atoms with E-state index in [2.05, 4.69) is 38.9 Å². The number of piperazine rings is 1. The molecular formula is C26H50N6. The van der Waals surface area contributed by atoms with Gasteiger partial charge in [0.15, 0.2) is 11.6 Å². The number of likely N-dealkylation sites (N-methyl/N-ethyl adjacent to an activating group) is 1. The average Bonchev–Trinajstić information content (AvgIpc) is 2.82. The molecule has 0 amide bonds. The zero-order valence-electron chi connectivity index (χ0n) is 21.1.